The van der Waals surface area contributed by atoms with Crippen LogP contribution in [0.5, 0.6) is 11.5 Å². The molecular weight excluding hydrogens is 320 g/mol. The van der Waals surface area contributed by atoms with Gasteiger partial charge in [-0.3, -0.25) is 9.59 Å². The number of anilines is 1. The highest BCUT2D eigenvalue weighted by Crippen LogP contribution is 2.36. The molecule has 0 aliphatic carbocycles. The molecule has 1 N–H and O–H groups in total. The number of nitrogens with one attached hydrogen (secondary N) is 1. The Morgan fingerprint density at radius 2 is 1.92 bits per heavy atom. The molecule has 0 saturated carbocycles. The van der Waals surface area contributed by atoms with Crippen molar-refractivity contribution in [2.75, 3.05) is 24.7 Å². The zero-order chi connectivity index (χ0) is 18.0. The summed E-state index contributed by atoms with van der Waals surface area (Å²) in [5.74, 6) is 0.941. The van der Waals surface area contributed by atoms with E-state index in [9.17, 15) is 9.59 Å². The number of ether oxygens (including phenoxy) is 2. The average Bonchev–Trinajstić information content (AvgIpc) is 3.03. The molecule has 0 bridgehead atoms. The molecule has 2 aliphatic rings. The first kappa shape index (κ1) is 17.6. The standard InChI is InChI=1S/C19H26N2O4/c1-4-19(3,5-2)20-18(23)13-10-17(22)21(12-13)14-6-7-15-16(11-14)25-9-8-24-15/h6-7,11,13H,4-5,8-10,12H2,1-3H3,(H,20,23). The van der Waals surface area contributed by atoms with Crippen LogP contribution in [0.3, 0.4) is 0 Å². The molecule has 6 nitrogen and oxygen atoms in total. The van der Waals surface area contributed by atoms with Gasteiger partial charge in [0.2, 0.25) is 11.8 Å². The SMILES string of the molecule is CCC(C)(CC)NC(=O)C1CC(=O)N(c2ccc3c(c2)OCCO3)C1. The first-order chi connectivity index (χ1) is 12.0. The zero-order valence-electron chi connectivity index (χ0n) is 15.1. The molecule has 2 aliphatic heterocycles. The van der Waals surface area contributed by atoms with Gasteiger partial charge in [0.05, 0.1) is 5.92 Å². The lowest BCUT2D eigenvalue weighted by atomic mass is 9.94. The minimum Gasteiger partial charge on any atom is -0.486 e. The Balaban J connectivity index is 1.71. The third-order valence-corrected chi connectivity index (χ3v) is 5.32. The smallest absolute Gasteiger partial charge is 0.227 e. The summed E-state index contributed by atoms with van der Waals surface area (Å²) in [6, 6.07) is 5.47. The predicted molar refractivity (Wildman–Crippen MR) is 95.0 cm³/mol. The number of fused-ring (bicyclic) bond motifs is 1. The number of hydrogen-bond acceptors (Lipinski definition) is 4. The molecule has 1 atom stereocenters. The molecule has 0 aromatic heterocycles. The van der Waals surface area contributed by atoms with Gasteiger partial charge in [-0.15, -0.1) is 0 Å². The van der Waals surface area contributed by atoms with Crippen molar-refractivity contribution in [2.24, 2.45) is 5.92 Å². The van der Waals surface area contributed by atoms with Gasteiger partial charge in [-0.25, -0.2) is 0 Å². The quantitative estimate of drug-likeness (QED) is 0.889. The topological polar surface area (TPSA) is 67.9 Å². The first-order valence-corrected chi connectivity index (χ1v) is 8.98. The molecule has 2 heterocycles. The van der Waals surface area contributed by atoms with Gasteiger partial charge in [-0.2, -0.15) is 0 Å². The molecule has 1 saturated heterocycles. The maximum Gasteiger partial charge on any atom is 0.227 e. The molecule has 1 aromatic rings. The average molecular weight is 346 g/mol. The number of rotatable bonds is 5. The lowest BCUT2D eigenvalue weighted by Gasteiger charge is -2.29. The lowest BCUT2D eigenvalue weighted by Crippen LogP contribution is -2.47. The van der Waals surface area contributed by atoms with Gasteiger partial charge >= 0.3 is 0 Å². The van der Waals surface area contributed by atoms with E-state index in [0.717, 1.165) is 18.5 Å². The summed E-state index contributed by atoms with van der Waals surface area (Å²) in [6.45, 7) is 7.59. The van der Waals surface area contributed by atoms with Crippen molar-refractivity contribution in [2.45, 2.75) is 45.6 Å². The molecule has 6 heteroatoms. The van der Waals surface area contributed by atoms with E-state index in [2.05, 4.69) is 19.2 Å². The van der Waals surface area contributed by atoms with Crippen molar-refractivity contribution in [3.05, 3.63) is 18.2 Å². The summed E-state index contributed by atoms with van der Waals surface area (Å²) >= 11 is 0. The Labute approximate surface area is 148 Å². The van der Waals surface area contributed by atoms with Crippen molar-refractivity contribution in [3.63, 3.8) is 0 Å². The second-order valence-electron chi connectivity index (χ2n) is 6.99. The van der Waals surface area contributed by atoms with Crippen LogP contribution in [0.1, 0.15) is 40.0 Å². The highest BCUT2D eigenvalue weighted by Gasteiger charge is 2.37. The Bertz CT molecular complexity index is 669. The molecule has 1 fully saturated rings. The second kappa shape index (κ2) is 6.94. The van der Waals surface area contributed by atoms with Crippen LogP contribution in [-0.2, 0) is 9.59 Å². The maximum absolute atomic E-state index is 12.6. The fourth-order valence-corrected chi connectivity index (χ4v) is 3.16. The summed E-state index contributed by atoms with van der Waals surface area (Å²) < 4.78 is 11.1. The molecule has 0 radical (unpaired) electrons. The van der Waals surface area contributed by atoms with Gasteiger partial charge in [0.1, 0.15) is 13.2 Å². The molecule has 25 heavy (non-hydrogen) atoms. The van der Waals surface area contributed by atoms with E-state index in [0.29, 0.717) is 31.3 Å². The van der Waals surface area contributed by atoms with Crippen LogP contribution in [0.15, 0.2) is 18.2 Å². The van der Waals surface area contributed by atoms with E-state index >= 15 is 0 Å². The number of amides is 2. The van der Waals surface area contributed by atoms with Gasteiger partial charge in [0, 0.05) is 30.3 Å². The molecular formula is C19H26N2O4. The van der Waals surface area contributed by atoms with Crippen LogP contribution in [0, 0.1) is 5.92 Å². The van der Waals surface area contributed by atoms with Crippen molar-refractivity contribution < 1.29 is 19.1 Å². The van der Waals surface area contributed by atoms with Gasteiger partial charge in [0.25, 0.3) is 0 Å². The summed E-state index contributed by atoms with van der Waals surface area (Å²) in [5, 5.41) is 3.11. The highest BCUT2D eigenvalue weighted by atomic mass is 16.6. The van der Waals surface area contributed by atoms with E-state index in [1.165, 1.54) is 0 Å². The van der Waals surface area contributed by atoms with E-state index in [1.54, 1.807) is 4.90 Å². The molecule has 3 rings (SSSR count). The van der Waals surface area contributed by atoms with Crippen molar-refractivity contribution in [1.82, 2.24) is 5.32 Å². The number of carbonyl (C=O) groups excluding carboxylic acids is 2. The first-order valence-electron chi connectivity index (χ1n) is 8.98. The minimum atomic E-state index is -0.321. The number of benzene rings is 1. The predicted octanol–water partition coefficient (Wildman–Crippen LogP) is 2.51. The van der Waals surface area contributed by atoms with Gasteiger partial charge in [0.15, 0.2) is 11.5 Å². The minimum absolute atomic E-state index is 0.0356. The third kappa shape index (κ3) is 3.57. The Morgan fingerprint density at radius 3 is 2.60 bits per heavy atom. The van der Waals surface area contributed by atoms with Crippen molar-refractivity contribution in [1.29, 1.82) is 0 Å². The van der Waals surface area contributed by atoms with E-state index in [-0.39, 0.29) is 29.7 Å². The van der Waals surface area contributed by atoms with Gasteiger partial charge in [-0.1, -0.05) is 13.8 Å². The monoisotopic (exact) mass is 346 g/mol. The summed E-state index contributed by atoms with van der Waals surface area (Å²) in [5.41, 5.74) is 0.531. The van der Waals surface area contributed by atoms with Crippen LogP contribution >= 0.6 is 0 Å². The number of nitrogens with zero attached hydrogens (tertiary/aromatic N) is 1. The fraction of sp³-hybridized carbons (Fsp3) is 0.579. The Hall–Kier alpha value is -2.24. The fourth-order valence-electron chi connectivity index (χ4n) is 3.16. The summed E-state index contributed by atoms with van der Waals surface area (Å²) in [6.07, 6.45) is 1.97. The Morgan fingerprint density at radius 1 is 1.24 bits per heavy atom. The maximum atomic E-state index is 12.6. The lowest BCUT2D eigenvalue weighted by molar-refractivity contribution is -0.128. The Kier molecular flexibility index (Phi) is 4.88. The van der Waals surface area contributed by atoms with Gasteiger partial charge < -0.3 is 19.7 Å². The molecule has 136 valence electrons. The summed E-state index contributed by atoms with van der Waals surface area (Å²) in [4.78, 5) is 26.7. The van der Waals surface area contributed by atoms with E-state index < -0.39 is 0 Å². The van der Waals surface area contributed by atoms with Crippen LogP contribution < -0.4 is 19.7 Å². The van der Waals surface area contributed by atoms with E-state index in [4.69, 9.17) is 9.47 Å². The highest BCUT2D eigenvalue weighted by molar-refractivity contribution is 6.00. The van der Waals surface area contributed by atoms with Crippen LogP contribution in [0.2, 0.25) is 0 Å². The largest absolute Gasteiger partial charge is 0.486 e. The molecule has 2 amide bonds. The third-order valence-electron chi connectivity index (χ3n) is 5.32. The van der Waals surface area contributed by atoms with Crippen molar-refractivity contribution in [3.8, 4) is 11.5 Å². The molecule has 0 spiro atoms. The van der Waals surface area contributed by atoms with Crippen LogP contribution in [-0.4, -0.2) is 37.1 Å². The van der Waals surface area contributed by atoms with Crippen LogP contribution in [0.25, 0.3) is 0 Å². The second-order valence-corrected chi connectivity index (χ2v) is 6.99. The number of hydrogen-bond donors (Lipinski definition) is 1. The van der Waals surface area contributed by atoms with Crippen LogP contribution in [0.4, 0.5) is 5.69 Å². The molecule has 1 unspecified atom stereocenters. The van der Waals surface area contributed by atoms with E-state index in [1.807, 2.05) is 25.1 Å². The normalized spacial score (nSPS) is 19.9. The zero-order valence-corrected chi connectivity index (χ0v) is 15.1. The molecule has 1 aromatic carbocycles. The summed E-state index contributed by atoms with van der Waals surface area (Å²) in [7, 11) is 0. The van der Waals surface area contributed by atoms with Gasteiger partial charge in [-0.05, 0) is 31.9 Å². The number of carbonyl (C=O) groups is 2. The van der Waals surface area contributed by atoms with Crippen molar-refractivity contribution >= 4 is 17.5 Å².